The van der Waals surface area contributed by atoms with Crippen LogP contribution >= 0.6 is 34.4 Å². The van der Waals surface area contributed by atoms with Crippen LogP contribution in [0.3, 0.4) is 0 Å². The predicted molar refractivity (Wildman–Crippen MR) is 115 cm³/mol. The molecule has 0 spiro atoms. The molecule has 0 unspecified atom stereocenters. The van der Waals surface area contributed by atoms with Gasteiger partial charge in [-0.1, -0.05) is 6.07 Å². The van der Waals surface area contributed by atoms with Gasteiger partial charge in [0, 0.05) is 22.7 Å². The summed E-state index contributed by atoms with van der Waals surface area (Å²) in [5.74, 6) is -1.31. The number of nitrogens with two attached hydrogens (primary N) is 1. The van der Waals surface area contributed by atoms with Crippen molar-refractivity contribution < 1.29 is 19.2 Å². The van der Waals surface area contributed by atoms with E-state index in [1.54, 1.807) is 6.08 Å². The first-order valence-corrected chi connectivity index (χ1v) is 11.5. The lowest BCUT2D eigenvalue weighted by Gasteiger charge is -2.12. The van der Waals surface area contributed by atoms with Crippen molar-refractivity contribution in [3.8, 4) is 0 Å². The Morgan fingerprint density at radius 1 is 1.28 bits per heavy atom. The number of thioether (sulfide) groups is 1. The summed E-state index contributed by atoms with van der Waals surface area (Å²) in [6, 6.07) is 3.73. The molecule has 29 heavy (non-hydrogen) atoms. The topological polar surface area (TPSA) is 110 Å². The number of nitrogens with zero attached hydrogens (tertiary/aromatic N) is 1. The van der Waals surface area contributed by atoms with Gasteiger partial charge in [0.15, 0.2) is 0 Å². The number of carbonyl (C=O) groups excluding carboxylic acids is 4. The van der Waals surface area contributed by atoms with Crippen LogP contribution in [-0.4, -0.2) is 34.4 Å². The largest absolute Gasteiger partial charge is 0.365 e. The van der Waals surface area contributed by atoms with Crippen LogP contribution in [-0.2, 0) is 22.4 Å². The number of anilines is 1. The second-order valence-corrected chi connectivity index (χ2v) is 9.65. The number of nitrogens with one attached hydrogen (secondary N) is 1. The Morgan fingerprint density at radius 2 is 2.10 bits per heavy atom. The second kappa shape index (κ2) is 8.13. The van der Waals surface area contributed by atoms with Gasteiger partial charge in [0.05, 0.1) is 10.5 Å². The average Bonchev–Trinajstić information content (AvgIpc) is 3.41. The molecule has 1 aliphatic heterocycles. The van der Waals surface area contributed by atoms with Gasteiger partial charge >= 0.3 is 0 Å². The molecule has 0 aromatic carbocycles. The SMILES string of the molecule is NC(=O)c1c(NC(=O)CCN2C(=O)S/C(=C/c3cccs3)C2=O)sc2c1CCC2. The van der Waals surface area contributed by atoms with Crippen molar-refractivity contribution in [1.82, 2.24) is 4.90 Å². The minimum Gasteiger partial charge on any atom is -0.365 e. The molecule has 0 bridgehead atoms. The monoisotopic (exact) mass is 447 g/mol. The summed E-state index contributed by atoms with van der Waals surface area (Å²) in [5, 5.41) is 4.69. The standard InChI is InChI=1S/C19H17N3O4S3/c20-16(24)15-11-4-1-5-12(11)28-17(15)21-14(23)6-7-22-18(25)13(29-19(22)26)9-10-3-2-8-27-10/h2-3,8-9H,1,4-7H2,(H2,20,24)(H,21,23)/b13-9+. The molecule has 0 radical (unpaired) electrons. The molecule has 10 heteroatoms. The highest BCUT2D eigenvalue weighted by molar-refractivity contribution is 8.18. The Bertz CT molecular complexity index is 1040. The van der Waals surface area contributed by atoms with Crippen molar-refractivity contribution in [2.24, 2.45) is 5.73 Å². The molecule has 2 aromatic rings. The molecular weight excluding hydrogens is 430 g/mol. The zero-order chi connectivity index (χ0) is 20.5. The van der Waals surface area contributed by atoms with E-state index in [-0.39, 0.29) is 18.9 Å². The number of hydrogen-bond donors (Lipinski definition) is 2. The zero-order valence-corrected chi connectivity index (χ0v) is 17.7. The molecular formula is C19H17N3O4S3. The highest BCUT2D eigenvalue weighted by Crippen LogP contribution is 2.39. The Hall–Kier alpha value is -2.43. The van der Waals surface area contributed by atoms with Gasteiger partial charge in [-0.05, 0) is 54.1 Å². The summed E-state index contributed by atoms with van der Waals surface area (Å²) in [6.45, 7) is -0.0186. The third-order valence-electron chi connectivity index (χ3n) is 4.67. The van der Waals surface area contributed by atoms with Gasteiger partial charge < -0.3 is 11.1 Å². The molecule has 2 aromatic heterocycles. The minimum absolute atomic E-state index is 0.0186. The first-order chi connectivity index (χ1) is 13.9. The van der Waals surface area contributed by atoms with E-state index >= 15 is 0 Å². The maximum absolute atomic E-state index is 12.5. The lowest BCUT2D eigenvalue weighted by Crippen LogP contribution is -2.31. The van der Waals surface area contributed by atoms with Gasteiger partial charge in [0.2, 0.25) is 5.91 Å². The summed E-state index contributed by atoms with van der Waals surface area (Å²) in [5.41, 5.74) is 6.82. The maximum Gasteiger partial charge on any atom is 0.293 e. The Labute approximate surface area is 179 Å². The molecule has 0 atom stereocenters. The number of imide groups is 1. The highest BCUT2D eigenvalue weighted by atomic mass is 32.2. The molecule has 1 saturated heterocycles. The van der Waals surface area contributed by atoms with Gasteiger partial charge in [0.25, 0.3) is 17.1 Å². The van der Waals surface area contributed by atoms with Crippen LogP contribution < -0.4 is 11.1 Å². The number of carbonyl (C=O) groups is 4. The molecule has 3 N–H and O–H groups in total. The Kier molecular flexibility index (Phi) is 5.57. The normalized spacial score (nSPS) is 17.2. The smallest absolute Gasteiger partial charge is 0.293 e. The zero-order valence-electron chi connectivity index (χ0n) is 15.2. The van der Waals surface area contributed by atoms with Crippen LogP contribution in [0.5, 0.6) is 0 Å². The number of fused-ring (bicyclic) bond motifs is 1. The lowest BCUT2D eigenvalue weighted by molar-refractivity contribution is -0.123. The lowest BCUT2D eigenvalue weighted by atomic mass is 10.1. The van der Waals surface area contributed by atoms with E-state index in [1.807, 2.05) is 17.5 Å². The van der Waals surface area contributed by atoms with Gasteiger partial charge in [0.1, 0.15) is 5.00 Å². The van der Waals surface area contributed by atoms with Crippen molar-refractivity contribution in [2.45, 2.75) is 25.7 Å². The number of amides is 4. The van der Waals surface area contributed by atoms with Crippen LogP contribution in [0.25, 0.3) is 6.08 Å². The summed E-state index contributed by atoms with van der Waals surface area (Å²) in [4.78, 5) is 52.3. The number of hydrogen-bond acceptors (Lipinski definition) is 7. The number of primary amides is 1. The summed E-state index contributed by atoms with van der Waals surface area (Å²) < 4.78 is 0. The van der Waals surface area contributed by atoms with Crippen molar-refractivity contribution in [1.29, 1.82) is 0 Å². The average molecular weight is 448 g/mol. The van der Waals surface area contributed by atoms with E-state index in [0.717, 1.165) is 51.2 Å². The number of thiophene rings is 2. The molecule has 1 aliphatic carbocycles. The third-order valence-corrected chi connectivity index (χ3v) is 7.61. The van der Waals surface area contributed by atoms with E-state index in [4.69, 9.17) is 5.73 Å². The first-order valence-electron chi connectivity index (χ1n) is 8.97. The van der Waals surface area contributed by atoms with Crippen molar-refractivity contribution in [2.75, 3.05) is 11.9 Å². The quantitative estimate of drug-likeness (QED) is 0.659. The van der Waals surface area contributed by atoms with E-state index < -0.39 is 17.1 Å². The molecule has 150 valence electrons. The minimum atomic E-state index is -0.552. The van der Waals surface area contributed by atoms with Crippen LogP contribution in [0.15, 0.2) is 22.4 Å². The van der Waals surface area contributed by atoms with Gasteiger partial charge in [-0.3, -0.25) is 24.1 Å². The third kappa shape index (κ3) is 4.00. The molecule has 2 aliphatic rings. The number of rotatable bonds is 6. The number of aryl methyl sites for hydroxylation is 1. The van der Waals surface area contributed by atoms with E-state index in [0.29, 0.717) is 15.5 Å². The van der Waals surface area contributed by atoms with Crippen molar-refractivity contribution in [3.63, 3.8) is 0 Å². The molecule has 0 saturated carbocycles. The fourth-order valence-corrected chi connectivity index (χ4v) is 6.25. The van der Waals surface area contributed by atoms with Crippen LogP contribution in [0.2, 0.25) is 0 Å². The maximum atomic E-state index is 12.5. The van der Waals surface area contributed by atoms with Gasteiger partial charge in [-0.2, -0.15) is 0 Å². The summed E-state index contributed by atoms with van der Waals surface area (Å²) in [7, 11) is 0. The van der Waals surface area contributed by atoms with Crippen molar-refractivity contribution >= 4 is 68.5 Å². The Balaban J connectivity index is 1.40. The van der Waals surface area contributed by atoms with Crippen LogP contribution in [0, 0.1) is 0 Å². The Morgan fingerprint density at radius 3 is 2.83 bits per heavy atom. The molecule has 1 fully saturated rings. The van der Waals surface area contributed by atoms with Crippen molar-refractivity contribution in [3.05, 3.63) is 43.3 Å². The van der Waals surface area contributed by atoms with Crippen LogP contribution in [0.1, 0.15) is 38.5 Å². The predicted octanol–water partition coefficient (Wildman–Crippen LogP) is 3.46. The van der Waals surface area contributed by atoms with E-state index in [9.17, 15) is 19.2 Å². The molecule has 3 heterocycles. The first kappa shape index (κ1) is 19.9. The van der Waals surface area contributed by atoms with E-state index in [2.05, 4.69) is 5.32 Å². The highest BCUT2D eigenvalue weighted by Gasteiger charge is 2.35. The van der Waals surface area contributed by atoms with Gasteiger partial charge in [-0.15, -0.1) is 22.7 Å². The fraction of sp³-hybridized carbons (Fsp3) is 0.263. The van der Waals surface area contributed by atoms with Gasteiger partial charge in [-0.25, -0.2) is 0 Å². The van der Waals surface area contributed by atoms with Crippen LogP contribution in [0.4, 0.5) is 9.80 Å². The molecule has 4 amide bonds. The molecule has 4 rings (SSSR count). The summed E-state index contributed by atoms with van der Waals surface area (Å²) >= 11 is 3.72. The summed E-state index contributed by atoms with van der Waals surface area (Å²) in [6.07, 6.45) is 4.28. The molecule has 7 nitrogen and oxygen atoms in total. The van der Waals surface area contributed by atoms with E-state index in [1.165, 1.54) is 22.7 Å². The second-order valence-electron chi connectivity index (χ2n) is 6.57. The fourth-order valence-electron chi connectivity index (χ4n) is 3.35.